The number of aromatic nitrogens is 1. The minimum atomic E-state index is -0.659. The third-order valence-corrected chi connectivity index (χ3v) is 7.89. The molecule has 0 aliphatic rings. The van der Waals surface area contributed by atoms with E-state index >= 15 is 0 Å². The fraction of sp³-hybridized carbons (Fsp3) is 0.147. The molecule has 0 saturated carbocycles. The van der Waals surface area contributed by atoms with E-state index in [0.717, 1.165) is 15.4 Å². The second-order valence-electron chi connectivity index (χ2n) is 9.66. The number of fused-ring (bicyclic) bond motifs is 1. The summed E-state index contributed by atoms with van der Waals surface area (Å²) in [5.74, 6) is 0.348. The monoisotopic (exact) mass is 705 g/mol. The van der Waals surface area contributed by atoms with Crippen molar-refractivity contribution in [3.8, 4) is 39.9 Å². The predicted molar refractivity (Wildman–Crippen MR) is 180 cm³/mol. The van der Waals surface area contributed by atoms with E-state index in [2.05, 4.69) is 31.4 Å². The lowest BCUT2D eigenvalue weighted by Gasteiger charge is -2.15. The molecule has 1 aromatic heterocycles. The zero-order valence-electron chi connectivity index (χ0n) is 25.3. The van der Waals surface area contributed by atoms with Gasteiger partial charge in [0.25, 0.3) is 5.91 Å². The highest BCUT2D eigenvalue weighted by molar-refractivity contribution is 9.10. The maximum absolute atomic E-state index is 13.4. The van der Waals surface area contributed by atoms with E-state index in [1.54, 1.807) is 31.2 Å². The minimum absolute atomic E-state index is 0.186. The Morgan fingerprint density at radius 1 is 0.913 bits per heavy atom. The van der Waals surface area contributed by atoms with E-state index < -0.39 is 11.9 Å². The van der Waals surface area contributed by atoms with Gasteiger partial charge in [-0.3, -0.25) is 4.79 Å². The van der Waals surface area contributed by atoms with Crippen molar-refractivity contribution in [2.24, 2.45) is 5.10 Å². The van der Waals surface area contributed by atoms with Gasteiger partial charge < -0.3 is 28.7 Å². The third kappa shape index (κ3) is 6.65. The number of amides is 1. The van der Waals surface area contributed by atoms with Crippen LogP contribution in [0.2, 0.25) is 5.02 Å². The van der Waals surface area contributed by atoms with Crippen LogP contribution in [0, 0.1) is 0 Å². The number of nitrogens with one attached hydrogen (secondary N) is 2. The number of benzene rings is 4. The second kappa shape index (κ2) is 14.4. The number of methoxy groups -OCH3 is 3. The predicted octanol–water partition coefficient (Wildman–Crippen LogP) is 7.66. The summed E-state index contributed by atoms with van der Waals surface area (Å²) >= 11 is 10.1. The first-order valence-electron chi connectivity index (χ1n) is 14.0. The van der Waals surface area contributed by atoms with Crippen LogP contribution in [0.25, 0.3) is 22.0 Å². The van der Waals surface area contributed by atoms with Gasteiger partial charge in [-0.1, -0.05) is 41.9 Å². The SMILES string of the molecule is CCOc1cc(C=NNC(=O)c2[nH]c3c(Br)cccc3c2-c2ccccc2Cl)ccc1OC(=O)c1cc(OC)c(OC)c(OC)c1. The highest BCUT2D eigenvalue weighted by Gasteiger charge is 2.22. The molecule has 0 spiro atoms. The van der Waals surface area contributed by atoms with Crippen molar-refractivity contribution in [1.29, 1.82) is 0 Å². The Bertz CT molecular complexity index is 1930. The molecule has 0 bridgehead atoms. The molecular formula is C34H29BrClN3O7. The van der Waals surface area contributed by atoms with Crippen molar-refractivity contribution in [2.45, 2.75) is 6.92 Å². The molecule has 10 nitrogen and oxygen atoms in total. The molecule has 0 atom stereocenters. The van der Waals surface area contributed by atoms with Gasteiger partial charge in [-0.2, -0.15) is 5.10 Å². The fourth-order valence-electron chi connectivity index (χ4n) is 4.83. The summed E-state index contributed by atoms with van der Waals surface area (Å²) in [6.07, 6.45) is 1.46. The molecule has 1 heterocycles. The molecule has 0 fully saturated rings. The van der Waals surface area contributed by atoms with Crippen LogP contribution < -0.4 is 29.1 Å². The zero-order chi connectivity index (χ0) is 32.8. The molecule has 236 valence electrons. The number of H-pyrrole nitrogens is 1. The first kappa shape index (κ1) is 32.4. The Balaban J connectivity index is 1.38. The van der Waals surface area contributed by atoms with Gasteiger partial charge in [-0.25, -0.2) is 10.2 Å². The number of rotatable bonds is 11. The van der Waals surface area contributed by atoms with E-state index in [1.165, 1.54) is 39.7 Å². The van der Waals surface area contributed by atoms with Gasteiger partial charge in [0.15, 0.2) is 23.0 Å². The number of aromatic amines is 1. The maximum Gasteiger partial charge on any atom is 0.343 e. The number of hydrogen-bond acceptors (Lipinski definition) is 8. The Morgan fingerprint density at radius 2 is 1.65 bits per heavy atom. The van der Waals surface area contributed by atoms with E-state index in [9.17, 15) is 9.59 Å². The Labute approximate surface area is 278 Å². The topological polar surface area (TPSA) is 120 Å². The molecule has 0 aliphatic heterocycles. The zero-order valence-corrected chi connectivity index (χ0v) is 27.6. The summed E-state index contributed by atoms with van der Waals surface area (Å²) in [7, 11) is 4.39. The summed E-state index contributed by atoms with van der Waals surface area (Å²) < 4.78 is 28.2. The van der Waals surface area contributed by atoms with Crippen LogP contribution >= 0.6 is 27.5 Å². The normalized spacial score (nSPS) is 11.0. The second-order valence-corrected chi connectivity index (χ2v) is 10.9. The Morgan fingerprint density at radius 3 is 2.33 bits per heavy atom. The number of nitrogens with zero attached hydrogens (tertiary/aromatic N) is 1. The van der Waals surface area contributed by atoms with Gasteiger partial charge in [0.1, 0.15) is 5.69 Å². The van der Waals surface area contributed by atoms with Crippen molar-refractivity contribution in [3.63, 3.8) is 0 Å². The van der Waals surface area contributed by atoms with Gasteiger partial charge in [-0.15, -0.1) is 0 Å². The lowest BCUT2D eigenvalue weighted by atomic mass is 10.0. The standard InChI is InChI=1S/C34H29BrClN3O7/c1-5-45-26-15-19(13-14-25(26)46-34(41)20-16-27(42-2)32(44-4)28(17-20)43-3)18-37-39-33(40)31-29(21-9-6-7-12-24(21)36)22-10-8-11-23(35)30(22)38-31/h6-18,38H,5H2,1-4H3,(H,39,40). The van der Waals surface area contributed by atoms with Crippen LogP contribution in [0.4, 0.5) is 0 Å². The maximum atomic E-state index is 13.4. The smallest absolute Gasteiger partial charge is 0.343 e. The summed E-state index contributed by atoms with van der Waals surface area (Å²) in [6, 6.07) is 20.9. The third-order valence-electron chi connectivity index (χ3n) is 6.90. The first-order chi connectivity index (χ1) is 22.3. The first-order valence-corrected chi connectivity index (χ1v) is 15.1. The molecular weight excluding hydrogens is 678 g/mol. The number of ether oxygens (including phenoxy) is 5. The van der Waals surface area contributed by atoms with Crippen molar-refractivity contribution >= 4 is 56.5 Å². The quantitative estimate of drug-likeness (QED) is 0.0626. The van der Waals surface area contributed by atoms with Gasteiger partial charge in [0.2, 0.25) is 5.75 Å². The molecule has 12 heteroatoms. The molecule has 0 saturated heterocycles. The van der Waals surface area contributed by atoms with Crippen molar-refractivity contribution in [1.82, 2.24) is 10.4 Å². The van der Waals surface area contributed by atoms with Crippen molar-refractivity contribution < 1.29 is 33.3 Å². The van der Waals surface area contributed by atoms with Crippen LogP contribution in [-0.2, 0) is 0 Å². The molecule has 5 rings (SSSR count). The number of carbonyl (C=O) groups is 2. The molecule has 5 aromatic rings. The van der Waals surface area contributed by atoms with Crippen LogP contribution in [-0.4, -0.2) is 51.0 Å². The molecule has 4 aromatic carbocycles. The summed E-state index contributed by atoms with van der Waals surface area (Å²) in [5.41, 5.74) is 5.78. The molecule has 2 N–H and O–H groups in total. The van der Waals surface area contributed by atoms with Crippen molar-refractivity contribution in [3.05, 3.63) is 99.1 Å². The van der Waals surface area contributed by atoms with Gasteiger partial charge in [0.05, 0.1) is 45.2 Å². The van der Waals surface area contributed by atoms with E-state index in [4.69, 9.17) is 35.3 Å². The molecule has 0 unspecified atom stereocenters. The largest absolute Gasteiger partial charge is 0.493 e. The van der Waals surface area contributed by atoms with Gasteiger partial charge >= 0.3 is 5.97 Å². The average molecular weight is 707 g/mol. The average Bonchev–Trinajstić information content (AvgIpc) is 3.46. The van der Waals surface area contributed by atoms with Gasteiger partial charge in [0, 0.05) is 26.0 Å². The van der Waals surface area contributed by atoms with E-state index in [1.807, 2.05) is 36.4 Å². The lowest BCUT2D eigenvalue weighted by Crippen LogP contribution is -2.19. The molecule has 0 aliphatic carbocycles. The number of hydrazone groups is 1. The highest BCUT2D eigenvalue weighted by Crippen LogP contribution is 2.40. The van der Waals surface area contributed by atoms with Crippen LogP contribution in [0.15, 0.2) is 82.4 Å². The Hall–Kier alpha value is -5.00. The van der Waals surface area contributed by atoms with Gasteiger partial charge in [-0.05, 0) is 70.9 Å². The molecule has 46 heavy (non-hydrogen) atoms. The lowest BCUT2D eigenvalue weighted by molar-refractivity contribution is 0.0727. The molecule has 0 radical (unpaired) electrons. The van der Waals surface area contributed by atoms with Crippen LogP contribution in [0.5, 0.6) is 28.7 Å². The van der Waals surface area contributed by atoms with Crippen LogP contribution in [0.3, 0.4) is 0 Å². The minimum Gasteiger partial charge on any atom is -0.493 e. The summed E-state index contributed by atoms with van der Waals surface area (Å²) in [6.45, 7) is 2.12. The number of hydrogen-bond donors (Lipinski definition) is 2. The number of esters is 1. The number of para-hydroxylation sites is 1. The summed E-state index contributed by atoms with van der Waals surface area (Å²) in [4.78, 5) is 29.7. The number of carbonyl (C=O) groups excluding carboxylic acids is 2. The number of halogens is 2. The van der Waals surface area contributed by atoms with Crippen LogP contribution in [0.1, 0.15) is 33.3 Å². The fourth-order valence-corrected chi connectivity index (χ4v) is 5.53. The highest BCUT2D eigenvalue weighted by atomic mass is 79.9. The van der Waals surface area contributed by atoms with E-state index in [0.29, 0.717) is 57.0 Å². The van der Waals surface area contributed by atoms with E-state index in [-0.39, 0.29) is 11.3 Å². The van der Waals surface area contributed by atoms with Crippen molar-refractivity contribution in [2.75, 3.05) is 27.9 Å². The summed E-state index contributed by atoms with van der Waals surface area (Å²) in [5, 5.41) is 5.51. The Kier molecular flexibility index (Phi) is 10.1. The molecule has 1 amide bonds.